The van der Waals surface area contributed by atoms with Crippen LogP contribution >= 0.6 is 0 Å². The van der Waals surface area contributed by atoms with Crippen LogP contribution in [0.1, 0.15) is 5.56 Å². The predicted molar refractivity (Wildman–Crippen MR) is 60.1 cm³/mol. The number of nitrogens with zero attached hydrogens (tertiary/aromatic N) is 2. The molecular weight excluding hydrogens is 190 g/mol. The fourth-order valence-electron chi connectivity index (χ4n) is 1.30. The van der Waals surface area contributed by atoms with Crippen LogP contribution < -0.4 is 16.8 Å². The van der Waals surface area contributed by atoms with Crippen molar-refractivity contribution in [2.45, 2.75) is 6.42 Å². The smallest absolute Gasteiger partial charge is 0.209 e. The number of rotatable bonds is 0. The normalized spacial score (nSPS) is 11.1. The molecule has 5 N–H and O–H groups in total. The summed E-state index contributed by atoms with van der Waals surface area (Å²) in [5, 5.41) is 10.9. The summed E-state index contributed by atoms with van der Waals surface area (Å²) in [4.78, 5) is 2.90. The van der Waals surface area contributed by atoms with Crippen LogP contribution in [0.15, 0.2) is 29.3 Å². The third-order valence-corrected chi connectivity index (χ3v) is 1.91. The van der Waals surface area contributed by atoms with Gasteiger partial charge in [-0.3, -0.25) is 0 Å². The Balaban J connectivity index is 0.000000167. The average molecular weight is 203 g/mol. The molecule has 0 saturated heterocycles. The van der Waals surface area contributed by atoms with Crippen LogP contribution in [0, 0.1) is 11.5 Å². The highest BCUT2D eigenvalue weighted by atomic mass is 15.0. The highest BCUT2D eigenvalue weighted by Gasteiger charge is 2.05. The molecule has 5 nitrogen and oxygen atoms in total. The van der Waals surface area contributed by atoms with Gasteiger partial charge in [-0.1, -0.05) is 18.2 Å². The molecule has 15 heavy (non-hydrogen) atoms. The number of nitrogens with two attached hydrogens (primary N) is 2. The van der Waals surface area contributed by atoms with Crippen LogP contribution in [0.3, 0.4) is 0 Å². The summed E-state index contributed by atoms with van der Waals surface area (Å²) in [5.74, 6) is -0.197. The standard InChI is InChI=1S/C8H9N.C2H4N4/c1-2-4-8-7(3-1)5-6-9-8;3-1-6-2(4)5/h1-4,9H,5-6H2;(H4,4,5,6). The van der Waals surface area contributed by atoms with Gasteiger partial charge in [0.2, 0.25) is 12.2 Å². The van der Waals surface area contributed by atoms with E-state index in [4.69, 9.17) is 16.7 Å². The van der Waals surface area contributed by atoms with Crippen LogP contribution in [-0.4, -0.2) is 12.5 Å². The molecule has 0 aromatic heterocycles. The molecule has 0 fully saturated rings. The van der Waals surface area contributed by atoms with Crippen molar-refractivity contribution in [3.63, 3.8) is 0 Å². The molecule has 0 radical (unpaired) electrons. The van der Waals surface area contributed by atoms with Gasteiger partial charge >= 0.3 is 0 Å². The van der Waals surface area contributed by atoms with Crippen LogP contribution in [0.5, 0.6) is 0 Å². The van der Waals surface area contributed by atoms with E-state index in [9.17, 15) is 0 Å². The Morgan fingerprint density at radius 2 is 2.13 bits per heavy atom. The van der Waals surface area contributed by atoms with Crippen molar-refractivity contribution >= 4 is 11.6 Å². The van der Waals surface area contributed by atoms with Gasteiger partial charge in [0, 0.05) is 12.2 Å². The molecule has 5 heteroatoms. The van der Waals surface area contributed by atoms with Gasteiger partial charge in [-0.25, -0.2) is 0 Å². The third kappa shape index (κ3) is 3.56. The number of nitrogens with one attached hydrogen (secondary N) is 1. The van der Waals surface area contributed by atoms with Crippen molar-refractivity contribution < 1.29 is 0 Å². The monoisotopic (exact) mass is 203 g/mol. The number of aliphatic imine (C=N–C) groups is 1. The van der Waals surface area contributed by atoms with E-state index in [-0.39, 0.29) is 5.96 Å². The zero-order chi connectivity index (χ0) is 11.1. The molecule has 1 heterocycles. The maximum Gasteiger partial charge on any atom is 0.209 e. The van der Waals surface area contributed by atoms with Gasteiger partial charge in [0.1, 0.15) is 0 Å². The largest absolute Gasteiger partial charge is 0.384 e. The summed E-state index contributed by atoms with van der Waals surface area (Å²) in [5.41, 5.74) is 12.2. The van der Waals surface area contributed by atoms with E-state index in [0.717, 1.165) is 6.54 Å². The first-order chi connectivity index (χ1) is 7.24. The van der Waals surface area contributed by atoms with Crippen molar-refractivity contribution in [1.82, 2.24) is 0 Å². The minimum atomic E-state index is -0.197. The van der Waals surface area contributed by atoms with Gasteiger partial charge in [-0.15, -0.1) is 4.99 Å². The minimum absolute atomic E-state index is 0.197. The lowest BCUT2D eigenvalue weighted by Gasteiger charge is -1.94. The molecule has 0 atom stereocenters. The molecule has 1 aromatic rings. The Kier molecular flexibility index (Phi) is 3.98. The van der Waals surface area contributed by atoms with E-state index in [1.807, 2.05) is 0 Å². The zero-order valence-electron chi connectivity index (χ0n) is 8.27. The maximum atomic E-state index is 7.64. The van der Waals surface area contributed by atoms with E-state index in [1.54, 1.807) is 0 Å². The van der Waals surface area contributed by atoms with Gasteiger partial charge in [0.15, 0.2) is 0 Å². The quantitative estimate of drug-likeness (QED) is 0.322. The Hall–Kier alpha value is -2.22. The number of hydrogen-bond acceptors (Lipinski definition) is 3. The second-order valence-corrected chi connectivity index (χ2v) is 2.97. The fraction of sp³-hybridized carbons (Fsp3) is 0.200. The Morgan fingerprint density at radius 1 is 1.40 bits per heavy atom. The summed E-state index contributed by atoms with van der Waals surface area (Å²) < 4.78 is 0. The highest BCUT2D eigenvalue weighted by Crippen LogP contribution is 2.19. The second-order valence-electron chi connectivity index (χ2n) is 2.97. The first-order valence-corrected chi connectivity index (χ1v) is 4.53. The molecule has 2 rings (SSSR count). The Labute approximate surface area is 88.4 Å². The number of benzene rings is 1. The molecule has 78 valence electrons. The van der Waals surface area contributed by atoms with Gasteiger partial charge in [0.05, 0.1) is 0 Å². The Morgan fingerprint density at radius 3 is 2.67 bits per heavy atom. The predicted octanol–water partition coefficient (Wildman–Crippen LogP) is 0.395. The number of fused-ring (bicyclic) bond motifs is 1. The molecule has 0 amide bonds. The van der Waals surface area contributed by atoms with Crippen molar-refractivity contribution in [2.24, 2.45) is 16.5 Å². The number of nitriles is 1. The first kappa shape index (κ1) is 10.9. The van der Waals surface area contributed by atoms with Crippen molar-refractivity contribution in [2.75, 3.05) is 11.9 Å². The molecule has 0 aliphatic carbocycles. The summed E-state index contributed by atoms with van der Waals surface area (Å²) in [6.45, 7) is 1.11. The number of anilines is 1. The molecule has 0 saturated carbocycles. The van der Waals surface area contributed by atoms with E-state index in [0.29, 0.717) is 0 Å². The molecule has 0 spiro atoms. The lowest BCUT2D eigenvalue weighted by Crippen LogP contribution is -2.21. The van der Waals surface area contributed by atoms with Gasteiger partial charge in [-0.2, -0.15) is 5.26 Å². The molecule has 1 aromatic carbocycles. The van der Waals surface area contributed by atoms with E-state index >= 15 is 0 Å². The number of hydrogen-bond donors (Lipinski definition) is 3. The van der Waals surface area contributed by atoms with E-state index in [1.165, 1.54) is 23.9 Å². The van der Waals surface area contributed by atoms with Crippen LogP contribution in [0.2, 0.25) is 0 Å². The number of guanidine groups is 1. The lowest BCUT2D eigenvalue weighted by molar-refractivity contribution is 1.11. The summed E-state index contributed by atoms with van der Waals surface area (Å²) in [6.07, 6.45) is 2.60. The minimum Gasteiger partial charge on any atom is -0.384 e. The third-order valence-electron chi connectivity index (χ3n) is 1.91. The highest BCUT2D eigenvalue weighted by molar-refractivity contribution is 5.76. The average Bonchev–Trinajstić information content (AvgIpc) is 2.65. The van der Waals surface area contributed by atoms with Crippen LogP contribution in [0.25, 0.3) is 0 Å². The lowest BCUT2D eigenvalue weighted by atomic mass is 10.2. The summed E-state index contributed by atoms with van der Waals surface area (Å²) in [6, 6.07) is 8.46. The topological polar surface area (TPSA) is 100 Å². The molecular formula is C10H13N5. The van der Waals surface area contributed by atoms with Crippen LogP contribution in [-0.2, 0) is 6.42 Å². The number of para-hydroxylation sites is 1. The summed E-state index contributed by atoms with van der Waals surface area (Å²) >= 11 is 0. The van der Waals surface area contributed by atoms with Gasteiger partial charge in [0.25, 0.3) is 0 Å². The molecule has 0 bridgehead atoms. The first-order valence-electron chi connectivity index (χ1n) is 4.53. The van der Waals surface area contributed by atoms with Crippen molar-refractivity contribution in [3.05, 3.63) is 29.8 Å². The van der Waals surface area contributed by atoms with E-state index in [2.05, 4.69) is 34.6 Å². The van der Waals surface area contributed by atoms with Crippen molar-refractivity contribution in [3.8, 4) is 6.19 Å². The molecule has 1 aliphatic heterocycles. The SMILES string of the molecule is N#CN=C(N)N.c1ccc2c(c1)CCN2. The van der Waals surface area contributed by atoms with Gasteiger partial charge in [-0.05, 0) is 18.1 Å². The fourth-order valence-corrected chi connectivity index (χ4v) is 1.30. The maximum absolute atomic E-state index is 7.64. The summed E-state index contributed by atoms with van der Waals surface area (Å²) in [7, 11) is 0. The molecule has 1 aliphatic rings. The zero-order valence-corrected chi connectivity index (χ0v) is 8.27. The Bertz CT molecular complexity index is 364. The van der Waals surface area contributed by atoms with Crippen molar-refractivity contribution in [1.29, 1.82) is 5.26 Å². The van der Waals surface area contributed by atoms with Crippen LogP contribution in [0.4, 0.5) is 5.69 Å². The van der Waals surface area contributed by atoms with E-state index < -0.39 is 0 Å². The van der Waals surface area contributed by atoms with Gasteiger partial charge < -0.3 is 16.8 Å². The molecule has 0 unspecified atom stereocenters. The second kappa shape index (κ2) is 5.50.